The van der Waals surface area contributed by atoms with E-state index in [2.05, 4.69) is 5.32 Å². The van der Waals surface area contributed by atoms with Crippen LogP contribution in [-0.2, 0) is 23.9 Å². The molecular weight excluding hydrogens is 336 g/mol. The Balaban J connectivity index is 2.13. The summed E-state index contributed by atoms with van der Waals surface area (Å²) in [6, 6.07) is 0.116. The Labute approximate surface area is 155 Å². The predicted octanol–water partition coefficient (Wildman–Crippen LogP) is 1.69. The second-order valence-corrected chi connectivity index (χ2v) is 7.42. The second-order valence-electron chi connectivity index (χ2n) is 7.42. The Bertz CT molecular complexity index is 516. The van der Waals surface area contributed by atoms with Crippen LogP contribution >= 0.6 is 0 Å². The highest BCUT2D eigenvalue weighted by Gasteiger charge is 2.39. The molecule has 0 spiro atoms. The summed E-state index contributed by atoms with van der Waals surface area (Å²) in [5.41, 5.74) is 0. The molecule has 7 nitrogen and oxygen atoms in total. The van der Waals surface area contributed by atoms with Crippen molar-refractivity contribution in [3.8, 4) is 0 Å². The Morgan fingerprint density at radius 2 is 1.81 bits per heavy atom. The van der Waals surface area contributed by atoms with Crippen LogP contribution in [0.3, 0.4) is 0 Å². The summed E-state index contributed by atoms with van der Waals surface area (Å²) in [6.07, 6.45) is 1.67. The van der Waals surface area contributed by atoms with Gasteiger partial charge in [0.1, 0.15) is 5.78 Å². The van der Waals surface area contributed by atoms with Gasteiger partial charge in [-0.15, -0.1) is 0 Å². The van der Waals surface area contributed by atoms with E-state index >= 15 is 0 Å². The number of carbonyl (C=O) groups excluding carboxylic acids is 4. The second kappa shape index (κ2) is 11.1. The fourth-order valence-corrected chi connectivity index (χ4v) is 2.86. The fourth-order valence-electron chi connectivity index (χ4n) is 2.86. The highest BCUT2D eigenvalue weighted by atomic mass is 16.5. The van der Waals surface area contributed by atoms with Crippen LogP contribution in [0.15, 0.2) is 0 Å². The molecule has 0 aromatic carbocycles. The van der Waals surface area contributed by atoms with Gasteiger partial charge in [-0.05, 0) is 26.2 Å². The van der Waals surface area contributed by atoms with Gasteiger partial charge in [0, 0.05) is 50.8 Å². The molecule has 0 aromatic rings. The number of rotatable bonds is 12. The van der Waals surface area contributed by atoms with E-state index < -0.39 is 0 Å². The largest absolute Gasteiger partial charge is 0.381 e. The number of likely N-dealkylation sites (tertiary alicyclic amines) is 1. The molecule has 1 heterocycles. The van der Waals surface area contributed by atoms with Crippen LogP contribution in [0.1, 0.15) is 59.8 Å². The number of nitrogens with one attached hydrogen (secondary N) is 1. The first-order valence-electron chi connectivity index (χ1n) is 9.45. The molecule has 0 aromatic heterocycles. The monoisotopic (exact) mass is 368 g/mol. The maximum atomic E-state index is 12.2. The van der Waals surface area contributed by atoms with Crippen LogP contribution in [0.2, 0.25) is 0 Å². The van der Waals surface area contributed by atoms with Crippen molar-refractivity contribution in [3.63, 3.8) is 0 Å². The van der Waals surface area contributed by atoms with Gasteiger partial charge in [-0.2, -0.15) is 0 Å². The first-order valence-corrected chi connectivity index (χ1v) is 9.45. The SMILES string of the molecule is CC(C)NC(=O)CCOCCCC(=O)CCN1C(=O)CC(C(C)C)C1=O. The molecule has 3 amide bonds. The van der Waals surface area contributed by atoms with Gasteiger partial charge in [0.05, 0.1) is 6.61 Å². The van der Waals surface area contributed by atoms with E-state index in [1.54, 1.807) is 0 Å². The van der Waals surface area contributed by atoms with Gasteiger partial charge in [-0.3, -0.25) is 24.1 Å². The molecule has 1 atom stereocenters. The van der Waals surface area contributed by atoms with E-state index in [1.807, 2.05) is 27.7 Å². The molecule has 0 bridgehead atoms. The van der Waals surface area contributed by atoms with Gasteiger partial charge in [0.15, 0.2) is 0 Å². The Morgan fingerprint density at radius 3 is 2.38 bits per heavy atom. The van der Waals surface area contributed by atoms with E-state index in [1.165, 1.54) is 4.90 Å². The lowest BCUT2D eigenvalue weighted by atomic mass is 9.94. The van der Waals surface area contributed by atoms with E-state index in [9.17, 15) is 19.2 Å². The summed E-state index contributed by atoms with van der Waals surface area (Å²) in [7, 11) is 0. The fraction of sp³-hybridized carbons (Fsp3) is 0.789. The van der Waals surface area contributed by atoms with Crippen LogP contribution < -0.4 is 5.32 Å². The number of nitrogens with zero attached hydrogens (tertiary/aromatic N) is 1. The van der Waals surface area contributed by atoms with Crippen LogP contribution in [0, 0.1) is 11.8 Å². The third-order valence-electron chi connectivity index (χ3n) is 4.37. The number of Topliss-reactive ketones (excluding diaryl/α,β-unsaturated/α-hetero) is 1. The van der Waals surface area contributed by atoms with Crippen LogP contribution in [0.5, 0.6) is 0 Å². The van der Waals surface area contributed by atoms with Gasteiger partial charge in [0.2, 0.25) is 17.7 Å². The van der Waals surface area contributed by atoms with Crippen molar-refractivity contribution in [3.05, 3.63) is 0 Å². The number of ether oxygens (including phenoxy) is 1. The molecule has 1 saturated heterocycles. The number of hydrogen-bond acceptors (Lipinski definition) is 5. The van der Waals surface area contributed by atoms with E-state index in [0.29, 0.717) is 32.5 Å². The van der Waals surface area contributed by atoms with Gasteiger partial charge >= 0.3 is 0 Å². The third kappa shape index (κ3) is 7.64. The van der Waals surface area contributed by atoms with E-state index in [-0.39, 0.29) is 60.8 Å². The Kier molecular flexibility index (Phi) is 9.48. The van der Waals surface area contributed by atoms with Crippen molar-refractivity contribution < 1.29 is 23.9 Å². The van der Waals surface area contributed by atoms with Crippen molar-refractivity contribution in [2.24, 2.45) is 11.8 Å². The first kappa shape index (κ1) is 22.3. The van der Waals surface area contributed by atoms with Gasteiger partial charge in [0.25, 0.3) is 0 Å². The molecule has 1 unspecified atom stereocenters. The van der Waals surface area contributed by atoms with Crippen LogP contribution in [0.4, 0.5) is 0 Å². The zero-order valence-electron chi connectivity index (χ0n) is 16.4. The molecule has 1 aliphatic heterocycles. The van der Waals surface area contributed by atoms with Gasteiger partial charge in [-0.1, -0.05) is 13.8 Å². The Morgan fingerprint density at radius 1 is 1.12 bits per heavy atom. The standard InChI is InChI=1S/C19H32N2O5/c1-13(2)16-12-18(24)21(19(16)25)9-7-15(22)6-5-10-26-11-8-17(23)20-14(3)4/h13-14,16H,5-12H2,1-4H3,(H,20,23). The summed E-state index contributed by atoms with van der Waals surface area (Å²) >= 11 is 0. The molecule has 148 valence electrons. The minimum absolute atomic E-state index is 0.0137. The van der Waals surface area contributed by atoms with Gasteiger partial charge < -0.3 is 10.1 Å². The molecule has 0 radical (unpaired) electrons. The maximum absolute atomic E-state index is 12.2. The zero-order chi connectivity index (χ0) is 19.7. The number of amides is 3. The summed E-state index contributed by atoms with van der Waals surface area (Å²) in [5, 5.41) is 2.78. The molecule has 1 aliphatic rings. The van der Waals surface area contributed by atoms with Crippen molar-refractivity contribution in [1.29, 1.82) is 0 Å². The molecular formula is C19H32N2O5. The third-order valence-corrected chi connectivity index (χ3v) is 4.37. The molecule has 1 fully saturated rings. The van der Waals surface area contributed by atoms with Crippen LogP contribution in [-0.4, -0.2) is 54.2 Å². The van der Waals surface area contributed by atoms with Crippen molar-refractivity contribution >= 4 is 23.5 Å². The number of imide groups is 1. The predicted molar refractivity (Wildman–Crippen MR) is 97.2 cm³/mol. The number of hydrogen-bond donors (Lipinski definition) is 1. The summed E-state index contributed by atoms with van der Waals surface area (Å²) in [5.74, 6) is -0.480. The Hall–Kier alpha value is -1.76. The van der Waals surface area contributed by atoms with E-state index in [4.69, 9.17) is 4.74 Å². The summed E-state index contributed by atoms with van der Waals surface area (Å²) < 4.78 is 5.36. The van der Waals surface area contributed by atoms with Crippen molar-refractivity contribution in [2.75, 3.05) is 19.8 Å². The van der Waals surface area contributed by atoms with Crippen molar-refractivity contribution in [2.45, 2.75) is 65.8 Å². The lowest BCUT2D eigenvalue weighted by Crippen LogP contribution is -2.33. The average molecular weight is 368 g/mol. The smallest absolute Gasteiger partial charge is 0.233 e. The van der Waals surface area contributed by atoms with Crippen molar-refractivity contribution in [1.82, 2.24) is 10.2 Å². The highest BCUT2D eigenvalue weighted by molar-refractivity contribution is 6.03. The van der Waals surface area contributed by atoms with Gasteiger partial charge in [-0.25, -0.2) is 0 Å². The molecule has 1 rings (SSSR count). The highest BCUT2D eigenvalue weighted by Crippen LogP contribution is 2.26. The molecule has 0 saturated carbocycles. The molecule has 0 aliphatic carbocycles. The summed E-state index contributed by atoms with van der Waals surface area (Å²) in [6.45, 7) is 8.58. The van der Waals surface area contributed by atoms with Crippen LogP contribution in [0.25, 0.3) is 0 Å². The average Bonchev–Trinajstić information content (AvgIpc) is 2.82. The number of carbonyl (C=O) groups is 4. The normalized spacial score (nSPS) is 17.5. The minimum Gasteiger partial charge on any atom is -0.381 e. The topological polar surface area (TPSA) is 92.8 Å². The summed E-state index contributed by atoms with van der Waals surface area (Å²) in [4.78, 5) is 48.6. The quantitative estimate of drug-likeness (QED) is 0.418. The molecule has 7 heteroatoms. The minimum atomic E-state index is -0.251. The van der Waals surface area contributed by atoms with E-state index in [0.717, 1.165) is 0 Å². The molecule has 26 heavy (non-hydrogen) atoms. The number of ketones is 1. The molecule has 1 N–H and O–H groups in total. The first-order chi connectivity index (χ1) is 12.2. The maximum Gasteiger partial charge on any atom is 0.233 e. The lowest BCUT2D eigenvalue weighted by molar-refractivity contribution is -0.140. The zero-order valence-corrected chi connectivity index (χ0v) is 16.4. The lowest BCUT2D eigenvalue weighted by Gasteiger charge is -2.16.